The van der Waals surface area contributed by atoms with Crippen molar-refractivity contribution < 1.29 is 21.6 Å². The molecule has 1 aromatic rings. The maximum absolute atomic E-state index is 12.4. The van der Waals surface area contributed by atoms with Crippen molar-refractivity contribution >= 4 is 10.0 Å². The lowest BCUT2D eigenvalue weighted by Crippen LogP contribution is -2.16. The summed E-state index contributed by atoms with van der Waals surface area (Å²) in [5, 5.41) is 4.77. The smallest absolute Gasteiger partial charge is 0.225 e. The number of nitrogens with two attached hydrogens (primary N) is 1. The largest absolute Gasteiger partial charge is 0.416 e. The second-order valence-electron chi connectivity index (χ2n) is 2.97. The Morgan fingerprint density at radius 1 is 1.27 bits per heavy atom. The zero-order valence-corrected chi connectivity index (χ0v) is 8.48. The molecule has 0 fully saturated rings. The van der Waals surface area contributed by atoms with E-state index in [4.69, 9.17) is 5.14 Å². The average molecular weight is 239 g/mol. The predicted octanol–water partition coefficient (Wildman–Crippen LogP) is 1.66. The molecule has 0 radical (unpaired) electrons. The molecule has 1 rings (SSSR count). The van der Waals surface area contributed by atoms with Crippen LogP contribution in [0.25, 0.3) is 0 Å². The standard InChI is InChI=1S/C8H8F3NO2S/c1-5-6(8(9,10)11)3-2-4-7(5)15(12,13)14/h2-4H,1H3,(H2,12,13,14). The van der Waals surface area contributed by atoms with Crippen LogP contribution < -0.4 is 5.14 Å². The summed E-state index contributed by atoms with van der Waals surface area (Å²) < 4.78 is 59.0. The predicted molar refractivity (Wildman–Crippen MR) is 47.6 cm³/mol. The summed E-state index contributed by atoms with van der Waals surface area (Å²) in [6.07, 6.45) is -4.58. The molecule has 0 bridgehead atoms. The van der Waals surface area contributed by atoms with Gasteiger partial charge in [0.25, 0.3) is 0 Å². The number of halogens is 3. The van der Waals surface area contributed by atoms with Crippen LogP contribution in [0.5, 0.6) is 0 Å². The number of sulfonamides is 1. The van der Waals surface area contributed by atoms with Crippen molar-refractivity contribution in [3.05, 3.63) is 29.3 Å². The Kier molecular flexibility index (Phi) is 2.79. The molecular formula is C8H8F3NO2S. The van der Waals surface area contributed by atoms with E-state index in [1.165, 1.54) is 0 Å². The fourth-order valence-electron chi connectivity index (χ4n) is 1.23. The summed E-state index contributed by atoms with van der Waals surface area (Å²) in [6.45, 7) is 1.07. The van der Waals surface area contributed by atoms with E-state index in [2.05, 4.69) is 0 Å². The van der Waals surface area contributed by atoms with Gasteiger partial charge in [-0.05, 0) is 24.6 Å². The third-order valence-corrected chi connectivity index (χ3v) is 2.95. The molecule has 0 aliphatic carbocycles. The normalized spacial score (nSPS) is 12.9. The number of hydrogen-bond acceptors (Lipinski definition) is 2. The molecule has 0 atom stereocenters. The molecule has 15 heavy (non-hydrogen) atoms. The fraction of sp³-hybridized carbons (Fsp3) is 0.250. The van der Waals surface area contributed by atoms with Gasteiger partial charge in [0, 0.05) is 0 Å². The van der Waals surface area contributed by atoms with E-state index < -0.39 is 26.7 Å². The second-order valence-corrected chi connectivity index (χ2v) is 4.50. The maximum atomic E-state index is 12.4. The first-order chi connectivity index (χ1) is 6.64. The van der Waals surface area contributed by atoms with Crippen molar-refractivity contribution in [3.63, 3.8) is 0 Å². The third-order valence-electron chi connectivity index (χ3n) is 1.90. The monoisotopic (exact) mass is 239 g/mol. The van der Waals surface area contributed by atoms with Crippen LogP contribution in [0, 0.1) is 6.92 Å². The summed E-state index contributed by atoms with van der Waals surface area (Å²) in [5.74, 6) is 0. The number of hydrogen-bond donors (Lipinski definition) is 1. The van der Waals surface area contributed by atoms with E-state index >= 15 is 0 Å². The van der Waals surface area contributed by atoms with Crippen molar-refractivity contribution in [2.24, 2.45) is 5.14 Å². The molecule has 1 aromatic carbocycles. The second kappa shape index (κ2) is 3.49. The first-order valence-corrected chi connectivity index (χ1v) is 5.38. The molecule has 0 spiro atoms. The molecule has 0 heterocycles. The Balaban J connectivity index is 3.51. The molecule has 0 saturated carbocycles. The maximum Gasteiger partial charge on any atom is 0.416 e. The average Bonchev–Trinajstić information content (AvgIpc) is 1.99. The lowest BCUT2D eigenvalue weighted by atomic mass is 10.1. The minimum Gasteiger partial charge on any atom is -0.225 e. The van der Waals surface area contributed by atoms with Gasteiger partial charge in [-0.15, -0.1) is 0 Å². The van der Waals surface area contributed by atoms with Crippen LogP contribution in [0.2, 0.25) is 0 Å². The highest BCUT2D eigenvalue weighted by Crippen LogP contribution is 2.33. The summed E-state index contributed by atoms with van der Waals surface area (Å²) in [6, 6.07) is 2.86. The van der Waals surface area contributed by atoms with Gasteiger partial charge in [-0.1, -0.05) is 6.07 Å². The highest BCUT2D eigenvalue weighted by atomic mass is 32.2. The van der Waals surface area contributed by atoms with Gasteiger partial charge >= 0.3 is 6.18 Å². The summed E-state index contributed by atoms with van der Waals surface area (Å²) in [5.41, 5.74) is -1.37. The van der Waals surface area contributed by atoms with Crippen LogP contribution in [0.1, 0.15) is 11.1 Å². The van der Waals surface area contributed by atoms with E-state index in [-0.39, 0.29) is 5.56 Å². The Hall–Kier alpha value is -1.08. The highest BCUT2D eigenvalue weighted by molar-refractivity contribution is 7.89. The van der Waals surface area contributed by atoms with Gasteiger partial charge in [0.1, 0.15) is 0 Å². The molecule has 84 valence electrons. The minimum atomic E-state index is -4.58. The molecule has 7 heteroatoms. The van der Waals surface area contributed by atoms with Crippen LogP contribution in [-0.4, -0.2) is 8.42 Å². The zero-order chi connectivity index (χ0) is 11.9. The molecule has 0 unspecified atom stereocenters. The first kappa shape index (κ1) is 12.0. The summed E-state index contributed by atoms with van der Waals surface area (Å²) >= 11 is 0. The molecule has 3 nitrogen and oxygen atoms in total. The van der Waals surface area contributed by atoms with Crippen LogP contribution in [-0.2, 0) is 16.2 Å². The first-order valence-electron chi connectivity index (χ1n) is 3.83. The molecular weight excluding hydrogens is 231 g/mol. The number of benzene rings is 1. The number of alkyl halides is 3. The van der Waals surface area contributed by atoms with E-state index in [1.54, 1.807) is 0 Å². The Morgan fingerprint density at radius 2 is 1.80 bits per heavy atom. The van der Waals surface area contributed by atoms with Crippen molar-refractivity contribution in [1.29, 1.82) is 0 Å². The van der Waals surface area contributed by atoms with Gasteiger partial charge in [-0.25, -0.2) is 13.6 Å². The van der Waals surface area contributed by atoms with Gasteiger partial charge in [-0.2, -0.15) is 13.2 Å². The highest BCUT2D eigenvalue weighted by Gasteiger charge is 2.33. The van der Waals surface area contributed by atoms with Crippen molar-refractivity contribution in [3.8, 4) is 0 Å². The van der Waals surface area contributed by atoms with E-state index in [0.717, 1.165) is 25.1 Å². The molecule has 0 aliphatic rings. The van der Waals surface area contributed by atoms with Crippen LogP contribution in [0.4, 0.5) is 13.2 Å². The molecule has 0 aromatic heterocycles. The quantitative estimate of drug-likeness (QED) is 0.810. The molecule has 0 saturated heterocycles. The van der Waals surface area contributed by atoms with E-state index in [0.29, 0.717) is 0 Å². The molecule has 0 amide bonds. The minimum absolute atomic E-state index is 0.382. The van der Waals surface area contributed by atoms with Gasteiger partial charge in [0.05, 0.1) is 10.5 Å². The summed E-state index contributed by atoms with van der Waals surface area (Å²) in [7, 11) is -4.12. The van der Waals surface area contributed by atoms with Crippen molar-refractivity contribution in [2.45, 2.75) is 18.0 Å². The fourth-order valence-corrected chi connectivity index (χ4v) is 2.03. The SMILES string of the molecule is Cc1c(C(F)(F)F)cccc1S(N)(=O)=O. The number of primary sulfonamides is 1. The van der Waals surface area contributed by atoms with Crippen molar-refractivity contribution in [2.75, 3.05) is 0 Å². The molecule has 0 aliphatic heterocycles. The van der Waals surface area contributed by atoms with Crippen molar-refractivity contribution in [1.82, 2.24) is 0 Å². The van der Waals surface area contributed by atoms with Gasteiger partial charge in [0.15, 0.2) is 0 Å². The number of rotatable bonds is 1. The lowest BCUT2D eigenvalue weighted by Gasteiger charge is -2.12. The van der Waals surface area contributed by atoms with E-state index in [9.17, 15) is 21.6 Å². The Labute approximate surface area is 84.8 Å². The zero-order valence-electron chi connectivity index (χ0n) is 7.67. The van der Waals surface area contributed by atoms with Crippen LogP contribution in [0.15, 0.2) is 23.1 Å². The Morgan fingerprint density at radius 3 is 2.20 bits per heavy atom. The third kappa shape index (κ3) is 2.48. The Bertz CT molecular complexity index is 479. The van der Waals surface area contributed by atoms with Crippen LogP contribution >= 0.6 is 0 Å². The topological polar surface area (TPSA) is 60.2 Å². The van der Waals surface area contributed by atoms with Crippen LogP contribution in [0.3, 0.4) is 0 Å². The van der Waals surface area contributed by atoms with Gasteiger partial charge in [-0.3, -0.25) is 0 Å². The van der Waals surface area contributed by atoms with Gasteiger partial charge in [0.2, 0.25) is 10.0 Å². The van der Waals surface area contributed by atoms with Gasteiger partial charge < -0.3 is 0 Å². The molecule has 2 N–H and O–H groups in total. The lowest BCUT2D eigenvalue weighted by molar-refractivity contribution is -0.138. The van der Waals surface area contributed by atoms with E-state index in [1.807, 2.05) is 0 Å². The summed E-state index contributed by atoms with van der Waals surface area (Å²) in [4.78, 5) is -0.502.